The van der Waals surface area contributed by atoms with Gasteiger partial charge in [-0.3, -0.25) is 17.9 Å². The van der Waals surface area contributed by atoms with Gasteiger partial charge in [0.05, 0.1) is 119 Å². The fourth-order valence-corrected chi connectivity index (χ4v) is 6.59. The van der Waals surface area contributed by atoms with Gasteiger partial charge in [0, 0.05) is 0 Å². The molecule has 8 bridgehead atoms. The Morgan fingerprint density at radius 3 is 1.52 bits per heavy atom. The second kappa shape index (κ2) is 10.6. The smallest absolute Gasteiger partial charge is 0.228 e. The van der Waals surface area contributed by atoms with Gasteiger partial charge >= 0.3 is 0 Å². The molecule has 0 fully saturated rings. The van der Waals surface area contributed by atoms with E-state index in [1.807, 2.05) is 18.2 Å². The SMILES string of the molecule is C[N+](C)(C)C1=C2N=C(C=C3C=CC(=N3)C=C3C=CC(=N3)C=C3N=C1C([N+](C)(C)C)=C3[N+](C)(C)C)C(c1ccccc1)=C2[N+](C)(C)C. The number of hydrogen-bond donors (Lipinski definition) is 0. The van der Waals surface area contributed by atoms with Crippen molar-refractivity contribution < 1.29 is 17.9 Å². The van der Waals surface area contributed by atoms with Gasteiger partial charge in [-0.2, -0.15) is 0 Å². The lowest BCUT2D eigenvalue weighted by Gasteiger charge is -2.34. The highest BCUT2D eigenvalue weighted by atomic mass is 15.4. The molecule has 0 spiro atoms. The number of allylic oxidation sites excluding steroid dienone is 8. The third-order valence-electron chi connectivity index (χ3n) is 8.30. The van der Waals surface area contributed by atoms with Crippen LogP contribution in [-0.2, 0) is 0 Å². The Balaban J connectivity index is 1.82. The molecule has 0 saturated heterocycles. The minimum Gasteiger partial charge on any atom is -0.296 e. The predicted molar refractivity (Wildman–Crippen MR) is 192 cm³/mol. The number of nitrogens with zero attached hydrogens (tertiary/aromatic N) is 8. The predicted octanol–water partition coefficient (Wildman–Crippen LogP) is 5.24. The molecule has 6 rings (SSSR count). The average molecular weight is 617 g/mol. The van der Waals surface area contributed by atoms with Crippen LogP contribution >= 0.6 is 0 Å². The number of quaternary nitrogens is 4. The molecule has 1 aromatic carbocycles. The van der Waals surface area contributed by atoms with Crippen LogP contribution < -0.4 is 0 Å². The highest BCUT2D eigenvalue weighted by molar-refractivity contribution is 6.33. The van der Waals surface area contributed by atoms with Crippen LogP contribution in [0.3, 0.4) is 0 Å². The van der Waals surface area contributed by atoms with Crippen LogP contribution in [0.2, 0.25) is 0 Å². The lowest BCUT2D eigenvalue weighted by Crippen LogP contribution is -2.47. The van der Waals surface area contributed by atoms with Crippen LogP contribution in [0, 0.1) is 0 Å². The van der Waals surface area contributed by atoms with Gasteiger partial charge in [-0.1, -0.05) is 30.3 Å². The third-order valence-corrected chi connectivity index (χ3v) is 8.30. The topological polar surface area (TPSA) is 49.4 Å². The maximum absolute atomic E-state index is 5.58. The minimum atomic E-state index is 0.532. The summed E-state index contributed by atoms with van der Waals surface area (Å²) >= 11 is 0. The van der Waals surface area contributed by atoms with E-state index in [0.29, 0.717) is 17.9 Å². The lowest BCUT2D eigenvalue weighted by molar-refractivity contribution is -0.860. The summed E-state index contributed by atoms with van der Waals surface area (Å²) in [5.74, 6) is 0. The molecule has 5 heterocycles. The van der Waals surface area contributed by atoms with E-state index in [9.17, 15) is 0 Å². The zero-order valence-electron chi connectivity index (χ0n) is 29.5. The van der Waals surface area contributed by atoms with Crippen molar-refractivity contribution in [3.63, 3.8) is 0 Å². The Kier molecular flexibility index (Phi) is 7.29. The molecule has 236 valence electrons. The van der Waals surface area contributed by atoms with Crippen LogP contribution in [0.5, 0.6) is 0 Å². The van der Waals surface area contributed by atoms with E-state index in [1.54, 1.807) is 0 Å². The summed E-state index contributed by atoms with van der Waals surface area (Å²) in [4.78, 5) is 21.1. The number of rotatable bonds is 5. The van der Waals surface area contributed by atoms with Crippen LogP contribution in [0.15, 0.2) is 138 Å². The van der Waals surface area contributed by atoms with Crippen molar-refractivity contribution in [2.45, 2.75) is 0 Å². The van der Waals surface area contributed by atoms with E-state index >= 15 is 0 Å². The standard InChI is InChI=1S/C38H48N8/c1-43(2,3)35-31-24-29-21-19-27(40-29)22-26-18-20-28(39-26)23-30-32(25-16-14-13-15-17-25)36(44(4,5)6)33(41-30)37(45(7,8)9)34(42-31)38(35)46(10,11)12/h13-24H,1-12H3/q+4. The largest absolute Gasteiger partial charge is 0.296 e. The molecule has 0 aromatic heterocycles. The highest BCUT2D eigenvalue weighted by Crippen LogP contribution is 2.44. The van der Waals surface area contributed by atoms with Crippen molar-refractivity contribution in [3.05, 3.63) is 124 Å². The van der Waals surface area contributed by atoms with Crippen molar-refractivity contribution in [2.24, 2.45) is 20.0 Å². The van der Waals surface area contributed by atoms with Crippen molar-refractivity contribution in [2.75, 3.05) is 84.6 Å². The van der Waals surface area contributed by atoms with Gasteiger partial charge < -0.3 is 0 Å². The van der Waals surface area contributed by atoms with Gasteiger partial charge in [-0.15, -0.1) is 0 Å². The first-order valence-corrected chi connectivity index (χ1v) is 15.8. The summed E-state index contributed by atoms with van der Waals surface area (Å²) in [6.07, 6.45) is 14.5. The molecular weight excluding hydrogens is 568 g/mol. The van der Waals surface area contributed by atoms with Crippen LogP contribution in [0.4, 0.5) is 0 Å². The molecular formula is C38H48N8+4. The quantitative estimate of drug-likeness (QED) is 0.407. The average Bonchev–Trinajstić information content (AvgIpc) is 3.69. The van der Waals surface area contributed by atoms with Crippen LogP contribution in [0.1, 0.15) is 5.56 Å². The summed E-state index contributed by atoms with van der Waals surface area (Å²) in [6.45, 7) is 0. The molecule has 0 N–H and O–H groups in total. The molecule has 0 atom stereocenters. The number of hydrogen-bond acceptors (Lipinski definition) is 4. The second-order valence-electron chi connectivity index (χ2n) is 15.9. The van der Waals surface area contributed by atoms with Crippen molar-refractivity contribution >= 4 is 28.4 Å². The number of benzene rings is 1. The molecule has 8 heteroatoms. The third kappa shape index (κ3) is 5.74. The molecule has 1 aromatic rings. The summed E-state index contributed by atoms with van der Waals surface area (Å²) < 4.78 is 2.32. The Hall–Kier alpha value is -4.34. The molecule has 8 nitrogen and oxygen atoms in total. The van der Waals surface area contributed by atoms with E-state index in [-0.39, 0.29) is 0 Å². The summed E-state index contributed by atoms with van der Waals surface area (Å²) in [7, 11) is 26.7. The van der Waals surface area contributed by atoms with Crippen molar-refractivity contribution in [1.82, 2.24) is 0 Å². The molecule has 5 aliphatic heterocycles. The summed E-state index contributed by atoms with van der Waals surface area (Å²) in [5.41, 5.74) is 14.0. The second-order valence-corrected chi connectivity index (χ2v) is 15.9. The number of aliphatic imine (C=N–C) groups is 4. The van der Waals surface area contributed by atoms with E-state index in [2.05, 4.69) is 139 Å². The monoisotopic (exact) mass is 616 g/mol. The number of likely N-dealkylation sites (N-methyl/N-ethyl adjacent to an activating group) is 2. The molecule has 0 radical (unpaired) electrons. The van der Waals surface area contributed by atoms with Gasteiger partial charge in [0.1, 0.15) is 5.70 Å². The molecule has 0 amide bonds. The summed E-state index contributed by atoms with van der Waals surface area (Å²) in [6, 6.07) is 10.6. The van der Waals surface area contributed by atoms with E-state index in [4.69, 9.17) is 20.0 Å². The van der Waals surface area contributed by atoms with E-state index in [0.717, 1.165) is 68.2 Å². The molecule has 0 saturated carbocycles. The molecule has 46 heavy (non-hydrogen) atoms. The Morgan fingerprint density at radius 1 is 0.457 bits per heavy atom. The van der Waals surface area contributed by atoms with Gasteiger partial charge in [0.25, 0.3) is 0 Å². The Bertz CT molecular complexity index is 1920. The summed E-state index contributed by atoms with van der Waals surface area (Å²) in [5, 5.41) is 0. The zero-order chi connectivity index (χ0) is 33.4. The normalized spacial score (nSPS) is 20.2. The van der Waals surface area contributed by atoms with Gasteiger partial charge in [-0.25, -0.2) is 20.0 Å². The molecule has 0 aliphatic carbocycles. The first-order chi connectivity index (χ1) is 21.3. The minimum absolute atomic E-state index is 0.532. The van der Waals surface area contributed by atoms with E-state index in [1.165, 1.54) is 11.4 Å². The van der Waals surface area contributed by atoms with E-state index < -0.39 is 0 Å². The lowest BCUT2D eigenvalue weighted by atomic mass is 9.96. The van der Waals surface area contributed by atoms with Gasteiger partial charge in [-0.05, 0) is 48.1 Å². The van der Waals surface area contributed by atoms with Gasteiger partial charge in [0.2, 0.25) is 11.4 Å². The van der Waals surface area contributed by atoms with Gasteiger partial charge in [0.15, 0.2) is 22.8 Å². The fourth-order valence-electron chi connectivity index (χ4n) is 6.59. The molecule has 0 unspecified atom stereocenters. The highest BCUT2D eigenvalue weighted by Gasteiger charge is 2.50. The Morgan fingerprint density at radius 2 is 0.978 bits per heavy atom. The Labute approximate surface area is 274 Å². The number of fused-ring (bicyclic) bond motifs is 4. The maximum Gasteiger partial charge on any atom is 0.228 e. The zero-order valence-corrected chi connectivity index (χ0v) is 29.5. The molecule has 5 aliphatic rings. The van der Waals surface area contributed by atoms with Crippen LogP contribution in [-0.4, -0.2) is 125 Å². The fraction of sp³-hybridized carbons (Fsp3) is 0.316. The van der Waals surface area contributed by atoms with Crippen LogP contribution in [0.25, 0.3) is 5.57 Å². The van der Waals surface area contributed by atoms with Crippen molar-refractivity contribution in [3.8, 4) is 0 Å². The maximum atomic E-state index is 5.58. The first kappa shape index (κ1) is 31.6. The van der Waals surface area contributed by atoms with Crippen molar-refractivity contribution in [1.29, 1.82) is 0 Å². The first-order valence-electron chi connectivity index (χ1n) is 15.8.